The van der Waals surface area contributed by atoms with Crippen LogP contribution in [0.1, 0.15) is 25.7 Å². The van der Waals surface area contributed by atoms with Crippen LogP contribution in [0.15, 0.2) is 58.3 Å². The van der Waals surface area contributed by atoms with E-state index in [2.05, 4.69) is 0 Å². The van der Waals surface area contributed by atoms with Crippen molar-refractivity contribution in [1.82, 2.24) is 9.62 Å². The SMILES string of the molecule is O=C(CNS(=O)(=O)c1c(F)cccc1F)N1C2CCC1CC(S(=O)(=O)c1ccccc1)C2. The highest BCUT2D eigenvalue weighted by Gasteiger charge is 2.47. The van der Waals surface area contributed by atoms with E-state index in [-0.39, 0.29) is 29.8 Å². The van der Waals surface area contributed by atoms with Crippen molar-refractivity contribution in [2.24, 2.45) is 0 Å². The summed E-state index contributed by atoms with van der Waals surface area (Å²) in [7, 11) is -8.13. The second-order valence-electron chi connectivity index (χ2n) is 8.01. The van der Waals surface area contributed by atoms with Crippen molar-refractivity contribution in [3.8, 4) is 0 Å². The molecule has 2 aliphatic heterocycles. The summed E-state index contributed by atoms with van der Waals surface area (Å²) in [5.41, 5.74) is 0. The Hall–Kier alpha value is -2.37. The summed E-state index contributed by atoms with van der Waals surface area (Å²) in [6.45, 7) is -0.667. The molecule has 1 N–H and O–H groups in total. The standard InChI is InChI=1S/C21H22F2N2O5S2/c22-18-7-4-8-19(23)21(18)32(29,30)24-13-20(26)25-14-9-10-15(25)12-17(11-14)31(27,28)16-5-2-1-3-6-16/h1-8,14-15,17,24H,9-13H2. The molecular formula is C21H22F2N2O5S2. The molecule has 2 aromatic rings. The number of nitrogens with zero attached hydrogens (tertiary/aromatic N) is 1. The number of amides is 1. The topological polar surface area (TPSA) is 101 Å². The fourth-order valence-electron chi connectivity index (χ4n) is 4.65. The number of hydrogen-bond acceptors (Lipinski definition) is 5. The van der Waals surface area contributed by atoms with Crippen LogP contribution in [0.2, 0.25) is 0 Å². The average molecular weight is 485 g/mol. The zero-order valence-corrected chi connectivity index (χ0v) is 18.6. The van der Waals surface area contributed by atoms with Crippen LogP contribution in [-0.2, 0) is 24.7 Å². The average Bonchev–Trinajstić information content (AvgIpc) is 3.01. The van der Waals surface area contributed by atoms with Crippen molar-refractivity contribution in [1.29, 1.82) is 0 Å². The number of hydrogen-bond donors (Lipinski definition) is 1. The first-order valence-corrected chi connectivity index (χ1v) is 13.2. The second-order valence-corrected chi connectivity index (χ2v) is 11.9. The molecule has 2 atom stereocenters. The first-order chi connectivity index (χ1) is 15.1. The van der Waals surface area contributed by atoms with Gasteiger partial charge < -0.3 is 4.90 Å². The third kappa shape index (κ3) is 4.16. The number of sulfonamides is 1. The minimum absolute atomic E-state index is 0.240. The number of benzene rings is 2. The van der Waals surface area contributed by atoms with Crippen LogP contribution < -0.4 is 4.72 Å². The van der Waals surface area contributed by atoms with Crippen LogP contribution in [0.3, 0.4) is 0 Å². The number of nitrogens with one attached hydrogen (secondary N) is 1. The van der Waals surface area contributed by atoms with Crippen molar-refractivity contribution < 1.29 is 30.4 Å². The lowest BCUT2D eigenvalue weighted by atomic mass is 10.0. The molecule has 2 heterocycles. The lowest BCUT2D eigenvalue weighted by molar-refractivity contribution is -0.134. The van der Waals surface area contributed by atoms with E-state index in [0.717, 1.165) is 18.2 Å². The van der Waals surface area contributed by atoms with Gasteiger partial charge in [0.25, 0.3) is 0 Å². The molecular weight excluding hydrogens is 462 g/mol. The zero-order chi connectivity index (χ0) is 23.1. The van der Waals surface area contributed by atoms with Gasteiger partial charge in [-0.05, 0) is 49.9 Å². The predicted molar refractivity (Wildman–Crippen MR) is 112 cm³/mol. The van der Waals surface area contributed by atoms with Gasteiger partial charge >= 0.3 is 0 Å². The molecule has 1 amide bonds. The van der Waals surface area contributed by atoms with E-state index in [9.17, 15) is 30.4 Å². The summed E-state index contributed by atoms with van der Waals surface area (Å²) in [6.07, 6.45) is 1.75. The molecule has 32 heavy (non-hydrogen) atoms. The van der Waals surface area contributed by atoms with E-state index in [1.807, 2.05) is 4.72 Å². The highest BCUT2D eigenvalue weighted by atomic mass is 32.2. The van der Waals surface area contributed by atoms with Gasteiger partial charge in [-0.1, -0.05) is 24.3 Å². The number of carbonyl (C=O) groups is 1. The maximum atomic E-state index is 13.8. The second kappa shape index (κ2) is 8.53. The Kier molecular flexibility index (Phi) is 6.08. The molecule has 4 rings (SSSR count). The van der Waals surface area contributed by atoms with E-state index in [1.165, 1.54) is 4.90 Å². The third-order valence-electron chi connectivity index (χ3n) is 6.09. The summed E-state index contributed by atoms with van der Waals surface area (Å²) < 4.78 is 80.3. The third-order valence-corrected chi connectivity index (χ3v) is 9.73. The first kappa shape index (κ1) is 22.8. The lowest BCUT2D eigenvalue weighted by Crippen LogP contribution is -2.52. The van der Waals surface area contributed by atoms with E-state index in [0.29, 0.717) is 12.8 Å². The molecule has 0 saturated carbocycles. The summed E-state index contributed by atoms with van der Waals surface area (Å²) in [5, 5.41) is -0.629. The number of halogens is 2. The Morgan fingerprint density at radius 2 is 1.47 bits per heavy atom. The highest BCUT2D eigenvalue weighted by Crippen LogP contribution is 2.39. The van der Waals surface area contributed by atoms with Gasteiger partial charge in [0.1, 0.15) is 11.6 Å². The Morgan fingerprint density at radius 3 is 2.03 bits per heavy atom. The molecule has 0 aliphatic carbocycles. The molecule has 2 aromatic carbocycles. The van der Waals surface area contributed by atoms with Gasteiger partial charge in [0, 0.05) is 12.1 Å². The van der Waals surface area contributed by atoms with Gasteiger partial charge in [-0.25, -0.2) is 30.3 Å². The molecule has 2 bridgehead atoms. The Bertz CT molecular complexity index is 1200. The lowest BCUT2D eigenvalue weighted by Gasteiger charge is -2.38. The maximum absolute atomic E-state index is 13.8. The van der Waals surface area contributed by atoms with Crippen LogP contribution in [0, 0.1) is 11.6 Å². The van der Waals surface area contributed by atoms with E-state index < -0.39 is 54.1 Å². The number of sulfone groups is 1. The highest BCUT2D eigenvalue weighted by molar-refractivity contribution is 7.92. The summed E-state index contributed by atoms with van der Waals surface area (Å²) in [4.78, 5) is 13.4. The fraction of sp³-hybridized carbons (Fsp3) is 0.381. The Balaban J connectivity index is 1.46. The van der Waals surface area contributed by atoms with Crippen molar-refractivity contribution in [2.45, 2.75) is 52.8 Å². The van der Waals surface area contributed by atoms with Gasteiger partial charge in [0.2, 0.25) is 15.9 Å². The minimum atomic E-state index is -4.58. The van der Waals surface area contributed by atoms with Gasteiger partial charge in [-0.3, -0.25) is 4.79 Å². The largest absolute Gasteiger partial charge is 0.336 e. The molecule has 7 nitrogen and oxygen atoms in total. The molecule has 172 valence electrons. The van der Waals surface area contributed by atoms with E-state index >= 15 is 0 Å². The van der Waals surface area contributed by atoms with Crippen molar-refractivity contribution in [2.75, 3.05) is 6.54 Å². The molecule has 2 fully saturated rings. The quantitative estimate of drug-likeness (QED) is 0.678. The molecule has 0 aromatic heterocycles. The molecule has 2 unspecified atom stereocenters. The number of fused-ring (bicyclic) bond motifs is 2. The molecule has 0 radical (unpaired) electrons. The van der Waals surface area contributed by atoms with Gasteiger partial charge in [0.05, 0.1) is 16.7 Å². The van der Waals surface area contributed by atoms with E-state index in [4.69, 9.17) is 0 Å². The predicted octanol–water partition coefficient (Wildman–Crippen LogP) is 2.24. The smallest absolute Gasteiger partial charge is 0.246 e. The first-order valence-electron chi connectivity index (χ1n) is 10.1. The zero-order valence-electron chi connectivity index (χ0n) is 16.9. The summed E-state index contributed by atoms with van der Waals surface area (Å²) >= 11 is 0. The number of carbonyl (C=O) groups excluding carboxylic acids is 1. The van der Waals surface area contributed by atoms with E-state index in [1.54, 1.807) is 30.3 Å². The molecule has 2 saturated heterocycles. The van der Waals surface area contributed by atoms with Crippen LogP contribution >= 0.6 is 0 Å². The van der Waals surface area contributed by atoms with Gasteiger partial charge in [-0.15, -0.1) is 0 Å². The number of piperidine rings is 1. The monoisotopic (exact) mass is 484 g/mol. The summed E-state index contributed by atoms with van der Waals surface area (Å²) in [6, 6.07) is 10.2. The molecule has 0 spiro atoms. The maximum Gasteiger partial charge on any atom is 0.246 e. The fourth-order valence-corrected chi connectivity index (χ4v) is 7.63. The van der Waals surface area contributed by atoms with Gasteiger partial charge in [0.15, 0.2) is 14.7 Å². The van der Waals surface area contributed by atoms with Crippen molar-refractivity contribution in [3.05, 3.63) is 60.2 Å². The minimum Gasteiger partial charge on any atom is -0.336 e. The molecule has 11 heteroatoms. The Labute approximate surface area is 185 Å². The number of rotatable bonds is 6. The Morgan fingerprint density at radius 1 is 0.906 bits per heavy atom. The van der Waals surface area contributed by atoms with Crippen molar-refractivity contribution in [3.63, 3.8) is 0 Å². The van der Waals surface area contributed by atoms with Crippen LogP contribution in [0.5, 0.6) is 0 Å². The van der Waals surface area contributed by atoms with Crippen LogP contribution in [0.4, 0.5) is 8.78 Å². The molecule has 2 aliphatic rings. The summed E-state index contributed by atoms with van der Waals surface area (Å²) in [5.74, 6) is -3.05. The van der Waals surface area contributed by atoms with Crippen LogP contribution in [-0.4, -0.2) is 51.5 Å². The van der Waals surface area contributed by atoms with Crippen LogP contribution in [0.25, 0.3) is 0 Å². The van der Waals surface area contributed by atoms with Crippen molar-refractivity contribution >= 4 is 25.8 Å². The normalized spacial score (nSPS) is 23.3. The van der Waals surface area contributed by atoms with Gasteiger partial charge in [-0.2, -0.15) is 0 Å².